The summed E-state index contributed by atoms with van der Waals surface area (Å²) in [4.78, 5) is 38.1. The maximum atomic E-state index is 11.5. The molecule has 27 heavy (non-hydrogen) atoms. The molecule has 1 fully saturated rings. The summed E-state index contributed by atoms with van der Waals surface area (Å²) in [5.41, 5.74) is 6.11. The number of ether oxygens (including phenoxy) is 1. The number of phosphoric ester groups is 1. The molecule has 150 valence electrons. The first-order valence-electron chi connectivity index (χ1n) is 7.17. The van der Waals surface area contributed by atoms with Crippen LogP contribution in [0.25, 0.3) is 11.2 Å². The maximum absolute atomic E-state index is 11.5. The molecule has 0 bridgehead atoms. The molecular weight excluding hydrogens is 417 g/mol. The first kappa shape index (κ1) is 20.2. The zero-order valence-electron chi connectivity index (χ0n) is 13.2. The van der Waals surface area contributed by atoms with Crippen LogP contribution in [0.15, 0.2) is 12.7 Å². The van der Waals surface area contributed by atoms with Gasteiger partial charge in [0.25, 0.3) is 0 Å². The zero-order valence-corrected chi connectivity index (χ0v) is 15.0. The van der Waals surface area contributed by atoms with Gasteiger partial charge in [0.05, 0.1) is 12.9 Å². The normalized spacial score (nSPS) is 28.5. The van der Waals surface area contributed by atoms with Crippen LogP contribution < -0.4 is 5.73 Å². The molecule has 3 rings (SSSR count). The first-order chi connectivity index (χ1) is 12.5. The van der Waals surface area contributed by atoms with Crippen molar-refractivity contribution in [3.05, 3.63) is 12.7 Å². The molecule has 1 aliphatic heterocycles. The second kappa shape index (κ2) is 7.14. The Labute approximate surface area is 150 Å². The molecule has 7 N–H and O–H groups in total. The van der Waals surface area contributed by atoms with Gasteiger partial charge in [0.1, 0.15) is 30.2 Å². The highest BCUT2D eigenvalue weighted by atomic mass is 31.3. The Morgan fingerprint density at radius 3 is 2.56 bits per heavy atom. The number of rotatable bonds is 6. The molecule has 2 aromatic rings. The van der Waals surface area contributed by atoms with Gasteiger partial charge >= 0.3 is 15.6 Å². The number of imidazole rings is 1. The van der Waals surface area contributed by atoms with Gasteiger partial charge in [-0.05, 0) is 0 Å². The van der Waals surface area contributed by atoms with Crippen molar-refractivity contribution in [3.63, 3.8) is 0 Å². The van der Waals surface area contributed by atoms with E-state index in [0.29, 0.717) is 0 Å². The van der Waals surface area contributed by atoms with Crippen molar-refractivity contribution in [2.24, 2.45) is 0 Å². The zero-order chi connectivity index (χ0) is 20.0. The van der Waals surface area contributed by atoms with Crippen molar-refractivity contribution in [2.75, 3.05) is 12.3 Å². The van der Waals surface area contributed by atoms with Gasteiger partial charge in [-0.1, -0.05) is 0 Å². The summed E-state index contributed by atoms with van der Waals surface area (Å²) in [6.07, 6.45) is -3.20. The number of hydrogen-bond acceptors (Lipinski definition) is 11. The van der Waals surface area contributed by atoms with Crippen LogP contribution in [0.3, 0.4) is 0 Å². The van der Waals surface area contributed by atoms with Gasteiger partial charge in [-0.2, -0.15) is 4.31 Å². The summed E-state index contributed by atoms with van der Waals surface area (Å²) in [6, 6.07) is 0. The van der Waals surface area contributed by atoms with E-state index in [-0.39, 0.29) is 17.0 Å². The fraction of sp³-hybridized carbons (Fsp3) is 0.500. The lowest BCUT2D eigenvalue weighted by molar-refractivity contribution is -0.0503. The van der Waals surface area contributed by atoms with Gasteiger partial charge in [-0.3, -0.25) is 9.09 Å². The van der Waals surface area contributed by atoms with Crippen LogP contribution in [0.1, 0.15) is 6.23 Å². The predicted molar refractivity (Wildman–Crippen MR) is 84.6 cm³/mol. The quantitative estimate of drug-likeness (QED) is 0.220. The van der Waals surface area contributed by atoms with Crippen LogP contribution in [0, 0.1) is 0 Å². The Morgan fingerprint density at radius 1 is 1.19 bits per heavy atom. The molecule has 1 saturated heterocycles. The fourth-order valence-corrected chi connectivity index (χ4v) is 4.08. The van der Waals surface area contributed by atoms with Crippen LogP contribution in [-0.4, -0.2) is 69.3 Å². The number of nitrogens with two attached hydrogens (primary N) is 1. The van der Waals surface area contributed by atoms with Gasteiger partial charge in [0.15, 0.2) is 17.7 Å². The SMILES string of the molecule is Nc1ncnc2c1ncn2[13C@@H]1O[13C@H]([13CH2]OP(=O)(O)OP(=O)(O)O)[13C@@H](O)[13C@H]1O. The van der Waals surface area contributed by atoms with Gasteiger partial charge < -0.3 is 35.4 Å². The molecule has 1 aliphatic rings. The van der Waals surface area contributed by atoms with Crippen LogP contribution >= 0.6 is 15.6 Å². The average Bonchev–Trinajstić information content (AvgIpc) is 3.07. The lowest BCUT2D eigenvalue weighted by Gasteiger charge is -2.17. The number of aliphatic hydroxyl groups is 2. The third kappa shape index (κ3) is 4.33. The average molecular weight is 432 g/mol. The number of aliphatic hydroxyl groups excluding tert-OH is 2. The molecule has 0 saturated carbocycles. The summed E-state index contributed by atoms with van der Waals surface area (Å²) in [5.74, 6) is 0.0856. The van der Waals surface area contributed by atoms with Crippen molar-refractivity contribution >= 4 is 32.6 Å². The van der Waals surface area contributed by atoms with Gasteiger partial charge in [-0.25, -0.2) is 24.1 Å². The summed E-state index contributed by atoms with van der Waals surface area (Å²) in [7, 11) is -10.4. The van der Waals surface area contributed by atoms with E-state index in [0.717, 1.165) is 6.33 Å². The molecule has 0 radical (unpaired) electrons. The summed E-state index contributed by atoms with van der Waals surface area (Å²) < 4.78 is 36.8. The molecule has 0 aromatic carbocycles. The van der Waals surface area contributed by atoms with Gasteiger partial charge in [0.2, 0.25) is 0 Å². The van der Waals surface area contributed by atoms with E-state index in [1.807, 2.05) is 0 Å². The minimum Gasteiger partial charge on any atom is -0.387 e. The standard InChI is InChI=1S/C10H15N5O10P2/c11-8-5-9(13-2-12-8)15(3-14-5)10-7(17)6(16)4(24-10)1-23-27(21,22)25-26(18,19)20/h2-4,6-7,10,16-17H,1H2,(H,21,22)(H2,11,12,13)(H2,18,19,20)/t4-,6-,7-,10-/m1/s1/i1+1,4+1,6+1,7+1,10+1. The summed E-state index contributed by atoms with van der Waals surface area (Å²) >= 11 is 0. The van der Waals surface area contributed by atoms with Crippen molar-refractivity contribution in [2.45, 2.75) is 24.5 Å². The van der Waals surface area contributed by atoms with Gasteiger partial charge in [-0.15, -0.1) is 0 Å². The largest absolute Gasteiger partial charge is 0.481 e. The lowest BCUT2D eigenvalue weighted by Crippen LogP contribution is -2.33. The van der Waals surface area contributed by atoms with Crippen LogP contribution in [0.4, 0.5) is 5.82 Å². The van der Waals surface area contributed by atoms with Crippen molar-refractivity contribution < 1.29 is 47.6 Å². The molecule has 3 heterocycles. The highest BCUT2D eigenvalue weighted by Gasteiger charge is 2.46. The molecule has 1 unspecified atom stereocenters. The van der Waals surface area contributed by atoms with Crippen LogP contribution in [0.2, 0.25) is 0 Å². The molecular formula is C10H15N5O10P2. The Hall–Kier alpha value is -1.51. The predicted octanol–water partition coefficient (Wildman–Crippen LogP) is -1.75. The highest BCUT2D eigenvalue weighted by molar-refractivity contribution is 7.60. The molecule has 0 aliphatic carbocycles. The van der Waals surface area contributed by atoms with E-state index in [2.05, 4.69) is 23.8 Å². The number of hydrogen-bond donors (Lipinski definition) is 6. The molecule has 0 amide bonds. The van der Waals surface area contributed by atoms with Crippen LogP contribution in [-0.2, 0) is 22.7 Å². The first-order valence-corrected chi connectivity index (χ1v) is 10.2. The van der Waals surface area contributed by atoms with Gasteiger partial charge in [0, 0.05) is 0 Å². The minimum absolute atomic E-state index is 0.0856. The Kier molecular flexibility index (Phi) is 5.35. The molecule has 2 aromatic heterocycles. The second-order valence-electron chi connectivity index (χ2n) is 5.47. The number of fused-ring (bicyclic) bond motifs is 1. The molecule has 15 nitrogen and oxygen atoms in total. The Morgan fingerprint density at radius 2 is 1.89 bits per heavy atom. The van der Waals surface area contributed by atoms with E-state index in [4.69, 9.17) is 20.3 Å². The van der Waals surface area contributed by atoms with E-state index in [1.54, 1.807) is 0 Å². The van der Waals surface area contributed by atoms with E-state index in [9.17, 15) is 24.2 Å². The fourth-order valence-electron chi connectivity index (χ4n) is 2.48. The third-order valence-corrected chi connectivity index (χ3v) is 5.76. The maximum Gasteiger partial charge on any atom is 0.481 e. The van der Waals surface area contributed by atoms with E-state index >= 15 is 0 Å². The van der Waals surface area contributed by atoms with Crippen LogP contribution in [0.5, 0.6) is 0 Å². The third-order valence-electron chi connectivity index (χ3n) is 3.61. The minimum atomic E-state index is -5.29. The molecule has 5 atom stereocenters. The number of phosphoric acid groups is 2. The van der Waals surface area contributed by atoms with Crippen molar-refractivity contribution in [1.29, 1.82) is 0 Å². The summed E-state index contributed by atoms with van der Waals surface area (Å²) in [6.45, 7) is -0.813. The summed E-state index contributed by atoms with van der Waals surface area (Å²) in [5, 5.41) is 20.3. The molecule has 0 spiro atoms. The number of anilines is 1. The highest BCUT2D eigenvalue weighted by Crippen LogP contribution is 2.57. The smallest absolute Gasteiger partial charge is 0.387 e. The van der Waals surface area contributed by atoms with E-state index in [1.165, 1.54) is 10.9 Å². The van der Waals surface area contributed by atoms with E-state index < -0.39 is 46.8 Å². The number of nitrogen functional groups attached to an aromatic ring is 1. The Bertz CT molecular complexity index is 932. The number of nitrogens with zero attached hydrogens (tertiary/aromatic N) is 4. The topological polar surface area (TPSA) is 233 Å². The van der Waals surface area contributed by atoms with Crippen molar-refractivity contribution in [3.8, 4) is 0 Å². The lowest BCUT2D eigenvalue weighted by atomic mass is 10.5. The second-order valence-corrected chi connectivity index (χ2v) is 8.30. The monoisotopic (exact) mass is 432 g/mol. The Balaban J connectivity index is 1.75. The number of aromatic nitrogens is 4. The van der Waals surface area contributed by atoms with Crippen molar-refractivity contribution in [1.82, 2.24) is 19.5 Å². The molecule has 17 heteroatoms.